The highest BCUT2D eigenvalue weighted by Gasteiger charge is 2.37. The molecular formula is C37H42F3N9O3. The molecule has 3 aromatic carbocycles. The molecule has 0 radical (unpaired) electrons. The van der Waals surface area contributed by atoms with Crippen LogP contribution in [0.25, 0.3) is 22.5 Å². The number of anilines is 1. The third-order valence-corrected chi connectivity index (χ3v) is 9.85. The summed E-state index contributed by atoms with van der Waals surface area (Å²) < 4.78 is 42.5. The molecule has 274 valence electrons. The molecule has 0 spiro atoms. The fraction of sp³-hybridized carbons (Fsp3) is 0.405. The fourth-order valence-corrected chi connectivity index (χ4v) is 6.93. The molecule has 4 aromatic rings. The second-order valence-electron chi connectivity index (χ2n) is 13.7. The molecule has 0 bridgehead atoms. The molecule has 1 aromatic heterocycles. The maximum Gasteiger partial charge on any atom is 0.262 e. The van der Waals surface area contributed by atoms with Gasteiger partial charge in [0.2, 0.25) is 17.6 Å². The second kappa shape index (κ2) is 16.0. The van der Waals surface area contributed by atoms with Crippen LogP contribution in [0.2, 0.25) is 0 Å². The van der Waals surface area contributed by atoms with Gasteiger partial charge in [0.25, 0.3) is 11.8 Å². The Kier molecular flexibility index (Phi) is 11.3. The SMILES string of the molecule is Cc1cc(C(=O)NC2CNCC(F)(F)C2)ccc1-c1ccc(CC(NC(=O)C2CCC(CN)CC2)C(=O)Nc2ccc(-c3nn[nH]n3)c(F)c2)cc1. The molecule has 1 saturated carbocycles. The summed E-state index contributed by atoms with van der Waals surface area (Å²) in [7, 11) is 0. The first kappa shape index (κ1) is 36.6. The van der Waals surface area contributed by atoms with Crippen molar-refractivity contribution in [2.75, 3.05) is 25.0 Å². The van der Waals surface area contributed by atoms with Crippen LogP contribution < -0.4 is 27.0 Å². The monoisotopic (exact) mass is 717 g/mol. The number of amides is 3. The predicted molar refractivity (Wildman–Crippen MR) is 189 cm³/mol. The number of tetrazole rings is 1. The van der Waals surface area contributed by atoms with E-state index in [2.05, 4.69) is 41.9 Å². The number of aromatic amines is 1. The van der Waals surface area contributed by atoms with Crippen molar-refractivity contribution in [3.63, 3.8) is 0 Å². The van der Waals surface area contributed by atoms with Crippen LogP contribution in [0.1, 0.15) is 53.6 Å². The van der Waals surface area contributed by atoms with Crippen molar-refractivity contribution in [3.05, 3.63) is 83.2 Å². The zero-order valence-corrected chi connectivity index (χ0v) is 28.7. The lowest BCUT2D eigenvalue weighted by atomic mass is 9.81. The minimum absolute atomic E-state index is 0.0760. The van der Waals surface area contributed by atoms with Gasteiger partial charge in [-0.1, -0.05) is 30.3 Å². The van der Waals surface area contributed by atoms with E-state index in [1.165, 1.54) is 12.1 Å². The lowest BCUT2D eigenvalue weighted by Crippen LogP contribution is -2.53. The van der Waals surface area contributed by atoms with Crippen LogP contribution in [0.5, 0.6) is 0 Å². The molecule has 1 aliphatic carbocycles. The second-order valence-corrected chi connectivity index (χ2v) is 13.7. The van der Waals surface area contributed by atoms with Crippen molar-refractivity contribution < 1.29 is 27.6 Å². The molecule has 2 atom stereocenters. The number of nitrogens with two attached hydrogens (primary N) is 1. The highest BCUT2D eigenvalue weighted by molar-refractivity contribution is 5.98. The van der Waals surface area contributed by atoms with E-state index in [4.69, 9.17) is 5.73 Å². The number of hydrogen-bond acceptors (Lipinski definition) is 8. The predicted octanol–water partition coefficient (Wildman–Crippen LogP) is 4.14. The van der Waals surface area contributed by atoms with Crippen molar-refractivity contribution >= 4 is 23.4 Å². The van der Waals surface area contributed by atoms with Crippen molar-refractivity contribution in [2.24, 2.45) is 17.6 Å². The number of nitrogens with zero attached hydrogens (tertiary/aromatic N) is 3. The molecule has 7 N–H and O–H groups in total. The molecule has 52 heavy (non-hydrogen) atoms. The normalized spacial score (nSPS) is 20.4. The average Bonchev–Trinajstić information content (AvgIpc) is 3.66. The summed E-state index contributed by atoms with van der Waals surface area (Å²) in [6, 6.07) is 15.2. The van der Waals surface area contributed by atoms with Gasteiger partial charge in [-0.3, -0.25) is 14.4 Å². The van der Waals surface area contributed by atoms with Gasteiger partial charge in [-0.15, -0.1) is 10.2 Å². The quantitative estimate of drug-likeness (QED) is 0.134. The number of carbonyl (C=O) groups is 3. The van der Waals surface area contributed by atoms with Gasteiger partial charge in [-0.25, -0.2) is 13.2 Å². The Balaban J connectivity index is 1.14. The zero-order valence-electron chi connectivity index (χ0n) is 28.7. The number of piperidine rings is 1. The van der Waals surface area contributed by atoms with Gasteiger partial charge in [0.15, 0.2) is 0 Å². The molecule has 3 amide bonds. The third kappa shape index (κ3) is 9.01. The summed E-state index contributed by atoms with van der Waals surface area (Å²) in [4.78, 5) is 39.9. The summed E-state index contributed by atoms with van der Waals surface area (Å²) in [6.07, 6.45) is 2.83. The van der Waals surface area contributed by atoms with Crippen molar-refractivity contribution in [2.45, 2.75) is 63.5 Å². The Morgan fingerprint density at radius 1 is 1.00 bits per heavy atom. The number of aryl methyl sites for hydroxylation is 1. The van der Waals surface area contributed by atoms with Crippen molar-refractivity contribution in [3.8, 4) is 22.5 Å². The minimum Gasteiger partial charge on any atom is -0.348 e. The van der Waals surface area contributed by atoms with Crippen LogP contribution in [0, 0.1) is 24.6 Å². The van der Waals surface area contributed by atoms with E-state index in [0.717, 1.165) is 41.2 Å². The molecule has 1 aliphatic heterocycles. The average molecular weight is 718 g/mol. The number of aromatic nitrogens is 4. The topological polar surface area (TPSA) is 180 Å². The number of hydrogen-bond donors (Lipinski definition) is 6. The minimum atomic E-state index is -2.87. The Labute approximate surface area is 298 Å². The fourth-order valence-electron chi connectivity index (χ4n) is 6.93. The van der Waals surface area contributed by atoms with Gasteiger partial charge in [0.1, 0.15) is 11.9 Å². The van der Waals surface area contributed by atoms with E-state index in [0.29, 0.717) is 30.9 Å². The zero-order chi connectivity index (χ0) is 36.8. The molecule has 1 saturated heterocycles. The Morgan fingerprint density at radius 2 is 1.75 bits per heavy atom. The van der Waals surface area contributed by atoms with E-state index in [1.54, 1.807) is 12.1 Å². The van der Waals surface area contributed by atoms with Crippen LogP contribution in [0.3, 0.4) is 0 Å². The van der Waals surface area contributed by atoms with E-state index in [-0.39, 0.29) is 41.9 Å². The molecule has 6 rings (SSSR count). The van der Waals surface area contributed by atoms with Gasteiger partial charge >= 0.3 is 0 Å². The first-order valence-corrected chi connectivity index (χ1v) is 17.4. The Hall–Kier alpha value is -5.15. The van der Waals surface area contributed by atoms with Crippen LogP contribution in [-0.2, 0) is 16.0 Å². The highest BCUT2D eigenvalue weighted by atomic mass is 19.3. The summed E-state index contributed by atoms with van der Waals surface area (Å²) in [5.74, 6) is -4.42. The lowest BCUT2D eigenvalue weighted by Gasteiger charge is -2.30. The summed E-state index contributed by atoms with van der Waals surface area (Å²) in [5, 5.41) is 24.4. The molecule has 2 unspecified atom stereocenters. The Morgan fingerprint density at radius 3 is 2.40 bits per heavy atom. The maximum absolute atomic E-state index is 14.9. The van der Waals surface area contributed by atoms with Crippen LogP contribution >= 0.6 is 0 Å². The molecule has 2 fully saturated rings. The Bertz CT molecular complexity index is 1880. The standard InChI is InChI=1S/C37H42F3N9O3/c1-21-14-26(35(51)44-28-17-37(39,40)20-42-19-28)10-12-29(21)24-6-2-22(3-7-24)15-32(45-34(50)25-8-4-23(18-41)5-9-25)36(52)43-27-11-13-30(31(38)16-27)33-46-48-49-47-33/h2-3,6-7,10-14,16,23,25,28,32,42H,4-5,8-9,15,17-20,41H2,1H3,(H,43,52)(H,44,51)(H,45,50)(H,46,47,48,49). The number of benzene rings is 3. The molecular weight excluding hydrogens is 675 g/mol. The van der Waals surface area contributed by atoms with E-state index >= 15 is 0 Å². The van der Waals surface area contributed by atoms with Gasteiger partial charge in [-0.05, 0) is 103 Å². The summed E-state index contributed by atoms with van der Waals surface area (Å²) >= 11 is 0. The molecule has 15 heteroatoms. The highest BCUT2D eigenvalue weighted by Crippen LogP contribution is 2.30. The van der Waals surface area contributed by atoms with Crippen molar-refractivity contribution in [1.82, 2.24) is 36.6 Å². The number of rotatable bonds is 11. The first-order chi connectivity index (χ1) is 25.0. The van der Waals surface area contributed by atoms with Gasteiger partial charge in [-0.2, -0.15) is 5.21 Å². The third-order valence-electron chi connectivity index (χ3n) is 9.85. The van der Waals surface area contributed by atoms with Gasteiger partial charge in [0.05, 0.1) is 12.1 Å². The largest absolute Gasteiger partial charge is 0.348 e. The number of H-pyrrole nitrogens is 1. The number of nitrogens with one attached hydrogen (secondary N) is 5. The van der Waals surface area contributed by atoms with Crippen LogP contribution in [0.15, 0.2) is 60.7 Å². The molecule has 2 heterocycles. The van der Waals surface area contributed by atoms with Crippen molar-refractivity contribution in [1.29, 1.82) is 0 Å². The smallest absolute Gasteiger partial charge is 0.262 e. The maximum atomic E-state index is 14.9. The molecule has 12 nitrogen and oxygen atoms in total. The number of carbonyl (C=O) groups excluding carboxylic acids is 3. The summed E-state index contributed by atoms with van der Waals surface area (Å²) in [5.41, 5.74) is 9.86. The summed E-state index contributed by atoms with van der Waals surface area (Å²) in [6.45, 7) is 2.33. The number of halogens is 3. The lowest BCUT2D eigenvalue weighted by molar-refractivity contribution is -0.130. The van der Waals surface area contributed by atoms with E-state index in [9.17, 15) is 27.6 Å². The van der Waals surface area contributed by atoms with Gasteiger partial charge < -0.3 is 27.0 Å². The van der Waals surface area contributed by atoms with E-state index < -0.39 is 48.6 Å². The molecule has 2 aliphatic rings. The van der Waals surface area contributed by atoms with E-state index in [1.807, 2.05) is 37.3 Å². The number of alkyl halides is 2. The van der Waals surface area contributed by atoms with Crippen LogP contribution in [0.4, 0.5) is 18.9 Å². The van der Waals surface area contributed by atoms with Crippen LogP contribution in [-0.4, -0.2) is 76.0 Å². The first-order valence-electron chi connectivity index (χ1n) is 17.4. The van der Waals surface area contributed by atoms with Gasteiger partial charge in [0, 0.05) is 42.6 Å².